The van der Waals surface area contributed by atoms with E-state index in [0.29, 0.717) is 34.9 Å². The van der Waals surface area contributed by atoms with Crippen LogP contribution in [0.25, 0.3) is 0 Å². The topological polar surface area (TPSA) is 88.4 Å². The molecular weight excluding hydrogens is 396 g/mol. The van der Waals surface area contributed by atoms with Gasteiger partial charge >= 0.3 is 0 Å². The second-order valence-corrected chi connectivity index (χ2v) is 7.57. The van der Waals surface area contributed by atoms with Gasteiger partial charge in [-0.3, -0.25) is 4.72 Å². The first-order chi connectivity index (χ1) is 11.5. The quantitative estimate of drug-likeness (QED) is 0.839. The van der Waals surface area contributed by atoms with Gasteiger partial charge < -0.3 is 9.47 Å². The van der Waals surface area contributed by atoms with Gasteiger partial charge in [0, 0.05) is 16.2 Å². The highest BCUT2D eigenvalue weighted by atomic mass is 79.9. The van der Waals surface area contributed by atoms with Crippen molar-refractivity contribution in [2.45, 2.75) is 11.3 Å². The predicted molar refractivity (Wildman–Crippen MR) is 91.7 cm³/mol. The highest BCUT2D eigenvalue weighted by molar-refractivity contribution is 9.10. The number of hydrogen-bond acceptors (Lipinski definition) is 5. The van der Waals surface area contributed by atoms with E-state index < -0.39 is 10.0 Å². The van der Waals surface area contributed by atoms with Gasteiger partial charge in [-0.15, -0.1) is 0 Å². The Hall–Kier alpha value is -2.24. The molecule has 3 rings (SSSR count). The molecule has 124 valence electrons. The molecule has 8 heteroatoms. The standard InChI is InChI=1S/C16H13BrN2O4S/c17-13-9-14-15(23-8-7-22-14)10-16(13)24(20,21)19-12-3-1-11(2-4-12)5-6-18/h1-4,9-10,19H,5,7-8H2. The Labute approximate surface area is 148 Å². The number of anilines is 1. The normalized spacial score (nSPS) is 13.2. The van der Waals surface area contributed by atoms with Crippen molar-refractivity contribution in [2.75, 3.05) is 17.9 Å². The largest absolute Gasteiger partial charge is 0.486 e. The zero-order valence-corrected chi connectivity index (χ0v) is 14.9. The van der Waals surface area contributed by atoms with E-state index in [2.05, 4.69) is 20.7 Å². The Balaban J connectivity index is 1.89. The molecule has 1 aliphatic heterocycles. The van der Waals surface area contributed by atoms with Crippen LogP contribution in [0.5, 0.6) is 11.5 Å². The van der Waals surface area contributed by atoms with E-state index in [9.17, 15) is 8.42 Å². The van der Waals surface area contributed by atoms with Crippen molar-refractivity contribution in [3.63, 3.8) is 0 Å². The van der Waals surface area contributed by atoms with Gasteiger partial charge in [0.05, 0.1) is 12.5 Å². The fourth-order valence-corrected chi connectivity index (χ4v) is 4.34. The van der Waals surface area contributed by atoms with Crippen molar-refractivity contribution in [3.05, 3.63) is 46.4 Å². The van der Waals surface area contributed by atoms with E-state index in [0.717, 1.165) is 5.56 Å². The Bertz CT molecular complexity index is 905. The summed E-state index contributed by atoms with van der Waals surface area (Å²) in [5.74, 6) is 0.905. The van der Waals surface area contributed by atoms with E-state index in [1.807, 2.05) is 6.07 Å². The van der Waals surface area contributed by atoms with E-state index >= 15 is 0 Å². The van der Waals surface area contributed by atoms with Gasteiger partial charge in [0.2, 0.25) is 0 Å². The van der Waals surface area contributed by atoms with Crippen molar-refractivity contribution < 1.29 is 17.9 Å². The van der Waals surface area contributed by atoms with Crippen LogP contribution in [0.3, 0.4) is 0 Å². The van der Waals surface area contributed by atoms with Crippen molar-refractivity contribution in [2.24, 2.45) is 0 Å². The van der Waals surface area contributed by atoms with E-state index in [-0.39, 0.29) is 11.3 Å². The minimum atomic E-state index is -3.80. The number of nitriles is 1. The number of benzene rings is 2. The van der Waals surface area contributed by atoms with Gasteiger partial charge in [0.1, 0.15) is 18.1 Å². The first-order valence-corrected chi connectivity index (χ1v) is 9.35. The number of fused-ring (bicyclic) bond motifs is 1. The summed E-state index contributed by atoms with van der Waals surface area (Å²) in [6.07, 6.45) is 0.279. The lowest BCUT2D eigenvalue weighted by Gasteiger charge is -2.20. The van der Waals surface area contributed by atoms with Crippen molar-refractivity contribution >= 4 is 31.6 Å². The van der Waals surface area contributed by atoms with E-state index in [1.165, 1.54) is 6.07 Å². The average Bonchev–Trinajstić information content (AvgIpc) is 2.56. The maximum absolute atomic E-state index is 12.6. The van der Waals surface area contributed by atoms with Crippen LogP contribution in [0, 0.1) is 11.3 Å². The van der Waals surface area contributed by atoms with Gasteiger partial charge in [-0.2, -0.15) is 5.26 Å². The molecule has 0 radical (unpaired) electrons. The lowest BCUT2D eigenvalue weighted by molar-refractivity contribution is 0.171. The number of halogens is 1. The summed E-state index contributed by atoms with van der Waals surface area (Å²) in [4.78, 5) is 0.0628. The average molecular weight is 409 g/mol. The maximum atomic E-state index is 12.6. The number of nitrogens with zero attached hydrogens (tertiary/aromatic N) is 1. The monoisotopic (exact) mass is 408 g/mol. The summed E-state index contributed by atoms with van der Waals surface area (Å²) in [7, 11) is -3.80. The summed E-state index contributed by atoms with van der Waals surface area (Å²) in [5.41, 5.74) is 1.24. The first kappa shape index (κ1) is 16.6. The molecule has 1 heterocycles. The van der Waals surface area contributed by atoms with Gasteiger partial charge in [-0.25, -0.2) is 8.42 Å². The molecule has 0 saturated heterocycles. The van der Waals surface area contributed by atoms with Crippen molar-refractivity contribution in [3.8, 4) is 17.6 Å². The van der Waals surface area contributed by atoms with Gasteiger partial charge in [0.15, 0.2) is 11.5 Å². The van der Waals surface area contributed by atoms with Crippen molar-refractivity contribution in [1.82, 2.24) is 0 Å². The third-order valence-electron chi connectivity index (χ3n) is 3.38. The molecule has 0 aliphatic carbocycles. The molecule has 6 nitrogen and oxygen atoms in total. The maximum Gasteiger partial charge on any atom is 0.263 e. The number of ether oxygens (including phenoxy) is 2. The van der Waals surface area contributed by atoms with Crippen LogP contribution in [0.2, 0.25) is 0 Å². The second kappa shape index (κ2) is 6.71. The smallest absolute Gasteiger partial charge is 0.263 e. The number of sulfonamides is 1. The molecule has 0 bridgehead atoms. The lowest BCUT2D eigenvalue weighted by atomic mass is 10.1. The molecule has 0 saturated carbocycles. The molecule has 0 atom stereocenters. The van der Waals surface area contributed by atoms with Crippen LogP contribution in [-0.4, -0.2) is 21.6 Å². The van der Waals surface area contributed by atoms with Crippen LogP contribution >= 0.6 is 15.9 Å². The molecule has 2 aromatic carbocycles. The summed E-state index contributed by atoms with van der Waals surface area (Å²) < 4.78 is 39.0. The van der Waals surface area contributed by atoms with Gasteiger partial charge in [-0.1, -0.05) is 12.1 Å². The summed E-state index contributed by atoms with van der Waals surface area (Å²) >= 11 is 3.27. The molecule has 0 fully saturated rings. The minimum absolute atomic E-state index is 0.0628. The molecule has 0 unspecified atom stereocenters. The molecule has 2 aromatic rings. The second-order valence-electron chi connectivity index (χ2n) is 5.06. The summed E-state index contributed by atoms with van der Waals surface area (Å²) in [5, 5.41) is 8.66. The molecule has 0 aromatic heterocycles. The number of hydrogen-bond donors (Lipinski definition) is 1. The molecular formula is C16H13BrN2O4S. The Morgan fingerprint density at radius 3 is 2.38 bits per heavy atom. The fraction of sp³-hybridized carbons (Fsp3) is 0.188. The SMILES string of the molecule is N#CCc1ccc(NS(=O)(=O)c2cc3c(cc2Br)OCCO3)cc1. The third-order valence-corrected chi connectivity index (χ3v) is 5.72. The van der Waals surface area contributed by atoms with Crippen molar-refractivity contribution in [1.29, 1.82) is 5.26 Å². The zero-order valence-electron chi connectivity index (χ0n) is 12.5. The molecule has 0 spiro atoms. The van der Waals surface area contributed by atoms with Crippen LogP contribution < -0.4 is 14.2 Å². The number of nitrogens with one attached hydrogen (secondary N) is 1. The molecule has 1 aliphatic rings. The van der Waals surface area contributed by atoms with E-state index in [1.54, 1.807) is 30.3 Å². The van der Waals surface area contributed by atoms with E-state index in [4.69, 9.17) is 14.7 Å². The predicted octanol–water partition coefficient (Wildman–Crippen LogP) is 3.09. The molecule has 24 heavy (non-hydrogen) atoms. The fourth-order valence-electron chi connectivity index (χ4n) is 2.24. The highest BCUT2D eigenvalue weighted by Gasteiger charge is 2.23. The van der Waals surface area contributed by atoms with Gasteiger partial charge in [-0.05, 0) is 39.7 Å². The minimum Gasteiger partial charge on any atom is -0.486 e. The Morgan fingerprint density at radius 1 is 1.12 bits per heavy atom. The van der Waals surface area contributed by atoms with Gasteiger partial charge in [0.25, 0.3) is 10.0 Å². The summed E-state index contributed by atoms with van der Waals surface area (Å²) in [6.45, 7) is 0.806. The first-order valence-electron chi connectivity index (χ1n) is 7.07. The van der Waals surface area contributed by atoms with Crippen LogP contribution in [0.15, 0.2) is 45.8 Å². The van der Waals surface area contributed by atoms with Crippen LogP contribution in [0.4, 0.5) is 5.69 Å². The Morgan fingerprint density at radius 2 is 1.75 bits per heavy atom. The lowest BCUT2D eigenvalue weighted by Crippen LogP contribution is -2.18. The third kappa shape index (κ3) is 3.47. The zero-order chi connectivity index (χ0) is 17.2. The number of rotatable bonds is 4. The highest BCUT2D eigenvalue weighted by Crippen LogP contribution is 2.37. The van der Waals surface area contributed by atoms with Crippen LogP contribution in [-0.2, 0) is 16.4 Å². The summed E-state index contributed by atoms with van der Waals surface area (Å²) in [6, 6.07) is 11.7. The Kier molecular flexibility index (Phi) is 4.64. The molecule has 0 amide bonds. The van der Waals surface area contributed by atoms with Crippen LogP contribution in [0.1, 0.15) is 5.56 Å². The molecule has 1 N–H and O–H groups in total.